The van der Waals surface area contributed by atoms with Crippen molar-refractivity contribution in [3.05, 3.63) is 89.5 Å². The Morgan fingerprint density at radius 1 is 1.03 bits per heavy atom. The van der Waals surface area contributed by atoms with E-state index in [2.05, 4.69) is 5.32 Å². The van der Waals surface area contributed by atoms with Crippen LogP contribution in [-0.2, 0) is 14.9 Å². The van der Waals surface area contributed by atoms with Crippen LogP contribution in [-0.4, -0.2) is 20.9 Å². The molecule has 0 saturated carbocycles. The number of amides is 1. The maximum Gasteiger partial charge on any atom is 0.339 e. The summed E-state index contributed by atoms with van der Waals surface area (Å²) in [5.41, 5.74) is 1.82. The highest BCUT2D eigenvalue weighted by molar-refractivity contribution is 7.87. The number of nitrogens with zero attached hydrogens (tertiary/aromatic N) is 1. The van der Waals surface area contributed by atoms with Crippen molar-refractivity contribution in [3.8, 4) is 17.6 Å². The molecule has 0 aromatic heterocycles. The maximum atomic E-state index is 12.6. The van der Waals surface area contributed by atoms with Crippen LogP contribution in [0.4, 0.5) is 5.69 Å². The van der Waals surface area contributed by atoms with Crippen molar-refractivity contribution >= 4 is 27.8 Å². The van der Waals surface area contributed by atoms with Gasteiger partial charge < -0.3 is 14.2 Å². The topological polar surface area (TPSA) is 105 Å². The first kappa shape index (κ1) is 23.6. The molecular formula is C25H22N2O5S. The molecule has 0 spiro atoms. The molecule has 168 valence electrons. The fourth-order valence-corrected chi connectivity index (χ4v) is 3.88. The van der Waals surface area contributed by atoms with Crippen molar-refractivity contribution in [1.29, 1.82) is 5.26 Å². The predicted molar refractivity (Wildman–Crippen MR) is 125 cm³/mol. The Morgan fingerprint density at radius 3 is 2.39 bits per heavy atom. The normalized spacial score (nSPS) is 11.4. The molecule has 0 atom stereocenters. The third-order valence-electron chi connectivity index (χ3n) is 4.57. The Labute approximate surface area is 193 Å². The van der Waals surface area contributed by atoms with Gasteiger partial charge in [0.15, 0.2) is 11.5 Å². The van der Waals surface area contributed by atoms with Crippen LogP contribution in [0, 0.1) is 18.3 Å². The number of nitrogens with one attached hydrogen (secondary N) is 1. The molecule has 3 rings (SSSR count). The molecular weight excluding hydrogens is 440 g/mol. The monoisotopic (exact) mass is 462 g/mol. The van der Waals surface area contributed by atoms with Crippen LogP contribution < -0.4 is 14.2 Å². The van der Waals surface area contributed by atoms with Gasteiger partial charge in [0.05, 0.1) is 6.61 Å². The molecule has 33 heavy (non-hydrogen) atoms. The van der Waals surface area contributed by atoms with Crippen molar-refractivity contribution < 1.29 is 22.1 Å². The van der Waals surface area contributed by atoms with Crippen molar-refractivity contribution in [2.75, 3.05) is 11.9 Å². The number of aryl methyl sites for hydroxylation is 1. The van der Waals surface area contributed by atoms with Crippen LogP contribution in [0.1, 0.15) is 18.1 Å². The fraction of sp³-hybridized carbons (Fsp3) is 0.120. The van der Waals surface area contributed by atoms with Crippen LogP contribution >= 0.6 is 0 Å². The maximum absolute atomic E-state index is 12.6. The third-order valence-corrected chi connectivity index (χ3v) is 5.82. The number of ether oxygens (including phenoxy) is 1. The minimum Gasteiger partial charge on any atom is -0.490 e. The number of para-hydroxylation sites is 1. The van der Waals surface area contributed by atoms with E-state index in [9.17, 15) is 18.5 Å². The number of nitriles is 1. The summed E-state index contributed by atoms with van der Waals surface area (Å²) in [4.78, 5) is 12.6. The lowest BCUT2D eigenvalue weighted by Gasteiger charge is -2.13. The average Bonchev–Trinajstić information content (AvgIpc) is 2.81. The summed E-state index contributed by atoms with van der Waals surface area (Å²) in [6.07, 6.45) is 1.39. The van der Waals surface area contributed by atoms with Crippen LogP contribution in [0.3, 0.4) is 0 Å². The predicted octanol–water partition coefficient (Wildman–Crippen LogP) is 4.71. The Kier molecular flexibility index (Phi) is 7.49. The van der Waals surface area contributed by atoms with Gasteiger partial charge in [0.2, 0.25) is 0 Å². The van der Waals surface area contributed by atoms with Crippen LogP contribution in [0.2, 0.25) is 0 Å². The zero-order valence-electron chi connectivity index (χ0n) is 18.1. The summed E-state index contributed by atoms with van der Waals surface area (Å²) < 4.78 is 36.0. The second-order valence-corrected chi connectivity index (χ2v) is 8.47. The van der Waals surface area contributed by atoms with E-state index < -0.39 is 16.0 Å². The molecule has 8 heteroatoms. The molecule has 0 heterocycles. The summed E-state index contributed by atoms with van der Waals surface area (Å²) in [6.45, 7) is 3.85. The molecule has 3 aromatic carbocycles. The summed E-state index contributed by atoms with van der Waals surface area (Å²) in [6, 6.07) is 21.4. The molecule has 7 nitrogen and oxygen atoms in total. The molecule has 0 fully saturated rings. The van der Waals surface area contributed by atoms with Crippen LogP contribution in [0.25, 0.3) is 6.08 Å². The quantitative estimate of drug-likeness (QED) is 0.295. The summed E-state index contributed by atoms with van der Waals surface area (Å²) in [5, 5.41) is 12.2. The van der Waals surface area contributed by atoms with Gasteiger partial charge in [-0.05, 0) is 61.4 Å². The van der Waals surface area contributed by atoms with E-state index in [0.29, 0.717) is 11.3 Å². The number of rotatable bonds is 8. The minimum atomic E-state index is -4.06. The first-order chi connectivity index (χ1) is 15.8. The Hall–Kier alpha value is -4.09. The molecule has 0 unspecified atom stereocenters. The first-order valence-corrected chi connectivity index (χ1v) is 11.5. The smallest absolute Gasteiger partial charge is 0.339 e. The highest BCUT2D eigenvalue weighted by Gasteiger charge is 2.19. The van der Waals surface area contributed by atoms with E-state index >= 15 is 0 Å². The van der Waals surface area contributed by atoms with E-state index in [4.69, 9.17) is 8.92 Å². The standard InChI is InChI=1S/C25H22N2O5S/c1-3-31-24-16-19(13-14-23(24)32-33(29,30)21-10-5-4-6-11-21)15-20(17-26)25(28)27-22-12-8-7-9-18(22)2/h4-16H,3H2,1-2H3,(H,27,28)/b20-15+. The van der Waals surface area contributed by atoms with Gasteiger partial charge in [0.25, 0.3) is 5.91 Å². The number of hydrogen-bond acceptors (Lipinski definition) is 6. The lowest BCUT2D eigenvalue weighted by atomic mass is 10.1. The van der Waals surface area contributed by atoms with Gasteiger partial charge in [-0.15, -0.1) is 0 Å². The Morgan fingerprint density at radius 2 is 1.73 bits per heavy atom. The highest BCUT2D eigenvalue weighted by Crippen LogP contribution is 2.32. The lowest BCUT2D eigenvalue weighted by molar-refractivity contribution is -0.112. The number of carbonyl (C=O) groups excluding carboxylic acids is 1. The molecule has 0 radical (unpaired) electrons. The van der Waals surface area contributed by atoms with E-state index in [1.165, 1.54) is 36.4 Å². The molecule has 0 aliphatic carbocycles. The molecule has 0 aliphatic heterocycles. The fourth-order valence-electron chi connectivity index (χ4n) is 2.92. The van der Waals surface area contributed by atoms with Gasteiger partial charge in [0.1, 0.15) is 16.5 Å². The summed E-state index contributed by atoms with van der Waals surface area (Å²) in [7, 11) is -4.06. The summed E-state index contributed by atoms with van der Waals surface area (Å²) >= 11 is 0. The molecule has 0 saturated heterocycles. The van der Waals surface area contributed by atoms with Gasteiger partial charge in [-0.3, -0.25) is 4.79 Å². The first-order valence-electron chi connectivity index (χ1n) is 10.1. The van der Waals surface area contributed by atoms with Gasteiger partial charge in [0, 0.05) is 5.69 Å². The van der Waals surface area contributed by atoms with Gasteiger partial charge in [-0.2, -0.15) is 13.7 Å². The minimum absolute atomic E-state index is 0.000669. The van der Waals surface area contributed by atoms with Crippen molar-refractivity contribution in [3.63, 3.8) is 0 Å². The van der Waals surface area contributed by atoms with Gasteiger partial charge in [-0.1, -0.05) is 42.5 Å². The second kappa shape index (κ2) is 10.5. The zero-order valence-corrected chi connectivity index (χ0v) is 18.9. The van der Waals surface area contributed by atoms with Crippen LogP contribution in [0.5, 0.6) is 11.5 Å². The SMILES string of the molecule is CCOc1cc(/C=C(\C#N)C(=O)Nc2ccccc2C)ccc1OS(=O)(=O)c1ccccc1. The zero-order chi connectivity index (χ0) is 23.8. The van der Waals surface area contributed by atoms with E-state index in [0.717, 1.165) is 5.56 Å². The van der Waals surface area contributed by atoms with Gasteiger partial charge >= 0.3 is 10.1 Å². The number of hydrogen-bond donors (Lipinski definition) is 1. The molecule has 3 aromatic rings. The summed E-state index contributed by atoms with van der Waals surface area (Å²) in [5.74, 6) is -0.389. The Balaban J connectivity index is 1.88. The van der Waals surface area contributed by atoms with E-state index in [-0.39, 0.29) is 28.6 Å². The molecule has 1 amide bonds. The molecule has 0 bridgehead atoms. The second-order valence-electron chi connectivity index (χ2n) is 6.93. The molecule has 0 aliphatic rings. The number of benzene rings is 3. The highest BCUT2D eigenvalue weighted by atomic mass is 32.2. The van der Waals surface area contributed by atoms with E-state index in [1.54, 1.807) is 37.3 Å². The van der Waals surface area contributed by atoms with Gasteiger partial charge in [-0.25, -0.2) is 0 Å². The Bertz CT molecular complexity index is 1330. The van der Waals surface area contributed by atoms with Crippen molar-refractivity contribution in [2.45, 2.75) is 18.7 Å². The van der Waals surface area contributed by atoms with Crippen molar-refractivity contribution in [2.24, 2.45) is 0 Å². The third kappa shape index (κ3) is 5.99. The average molecular weight is 463 g/mol. The molecule has 1 N–H and O–H groups in total. The van der Waals surface area contributed by atoms with E-state index in [1.807, 2.05) is 25.1 Å². The largest absolute Gasteiger partial charge is 0.490 e. The number of carbonyl (C=O) groups is 1. The lowest BCUT2D eigenvalue weighted by Crippen LogP contribution is -2.14. The van der Waals surface area contributed by atoms with Crippen LogP contribution in [0.15, 0.2) is 83.3 Å². The number of anilines is 1. The van der Waals surface area contributed by atoms with Crippen molar-refractivity contribution in [1.82, 2.24) is 0 Å².